The van der Waals surface area contributed by atoms with E-state index in [2.05, 4.69) is 58.3 Å². The van der Waals surface area contributed by atoms with Crippen molar-refractivity contribution in [1.82, 2.24) is 15.0 Å². The molecule has 0 saturated carbocycles. The van der Waals surface area contributed by atoms with Crippen molar-refractivity contribution in [3.05, 3.63) is 70.9 Å². The summed E-state index contributed by atoms with van der Waals surface area (Å²) in [4.78, 5) is 20.0. The van der Waals surface area contributed by atoms with Gasteiger partial charge in [-0.05, 0) is 75.4 Å². The van der Waals surface area contributed by atoms with Crippen LogP contribution in [0.15, 0.2) is 95.5 Å². The molecule has 23 nitrogen and oxygen atoms in total. The van der Waals surface area contributed by atoms with Crippen molar-refractivity contribution in [2.24, 2.45) is 10.2 Å². The van der Waals surface area contributed by atoms with Gasteiger partial charge in [0.25, 0.3) is 46.4 Å². The molecule has 0 saturated heterocycles. The molecule has 57 heavy (non-hydrogen) atoms. The van der Waals surface area contributed by atoms with Gasteiger partial charge >= 0.3 is 0 Å². The van der Waals surface area contributed by atoms with Crippen LogP contribution in [-0.4, -0.2) is 77.8 Å². The second-order valence-electron chi connectivity index (χ2n) is 11.0. The van der Waals surface area contributed by atoms with Crippen LogP contribution in [0.3, 0.4) is 0 Å². The Morgan fingerprint density at radius 3 is 1.89 bits per heavy atom. The highest BCUT2D eigenvalue weighted by Gasteiger charge is 2.27. The van der Waals surface area contributed by atoms with Crippen LogP contribution in [0.4, 0.5) is 46.0 Å². The molecule has 0 spiro atoms. The lowest BCUT2D eigenvalue weighted by Crippen LogP contribution is -2.16. The number of amides is 1. The quantitative estimate of drug-likeness (QED) is 0.0354. The SMILES string of the molecule is C=C(Br)C(=O)Nc1cc(S(=O)(=O)O)c(Nc2nc(Cl)nc(Nc3ccc(N=Nc4c(N)ccc5cc(S(=O)(=O)O)cc(O)c45)c(S(=O)(=O)O)c3)n2)cc1S(=O)(=O)O. The number of azo groups is 1. The van der Waals surface area contributed by atoms with Gasteiger partial charge in [0.05, 0.1) is 31.8 Å². The number of carbonyl (C=O) groups is 1. The Hall–Kier alpha value is -5.43. The third-order valence-corrected chi connectivity index (χ3v) is 11.1. The molecule has 1 aromatic heterocycles. The number of benzene rings is 4. The maximum absolute atomic E-state index is 12.4. The molecule has 10 N–H and O–H groups in total. The number of anilines is 6. The zero-order chi connectivity index (χ0) is 42.4. The topological polar surface area (TPSA) is 380 Å². The summed E-state index contributed by atoms with van der Waals surface area (Å²) >= 11 is 8.77. The van der Waals surface area contributed by atoms with Gasteiger partial charge in [-0.2, -0.15) is 48.6 Å². The van der Waals surface area contributed by atoms with Crippen LogP contribution in [0, 0.1) is 0 Å². The Balaban J connectivity index is 1.53. The first-order chi connectivity index (χ1) is 26.2. The van der Waals surface area contributed by atoms with Crippen molar-refractivity contribution in [3.63, 3.8) is 0 Å². The molecule has 0 radical (unpaired) electrons. The lowest BCUT2D eigenvalue weighted by Gasteiger charge is -2.15. The van der Waals surface area contributed by atoms with E-state index in [0.29, 0.717) is 12.1 Å². The molecule has 5 rings (SSSR count). The summed E-state index contributed by atoms with van der Waals surface area (Å²) in [7, 11) is -20.2. The van der Waals surface area contributed by atoms with Crippen molar-refractivity contribution in [2.45, 2.75) is 19.6 Å². The Labute approximate surface area is 333 Å². The summed E-state index contributed by atoms with van der Waals surface area (Å²) in [5.41, 5.74) is 3.42. The number of nitrogen functional groups attached to an aromatic ring is 1. The van der Waals surface area contributed by atoms with E-state index in [4.69, 9.17) is 17.3 Å². The molecule has 0 atom stereocenters. The zero-order valence-electron chi connectivity index (χ0n) is 27.5. The number of nitrogens with two attached hydrogens (primary N) is 1. The van der Waals surface area contributed by atoms with E-state index >= 15 is 0 Å². The van der Waals surface area contributed by atoms with Crippen LogP contribution in [0.25, 0.3) is 10.8 Å². The Morgan fingerprint density at radius 2 is 1.32 bits per heavy atom. The fourth-order valence-corrected chi connectivity index (χ4v) is 7.49. The molecule has 0 aliphatic heterocycles. The third kappa shape index (κ3) is 9.94. The molecule has 0 unspecified atom stereocenters. The van der Waals surface area contributed by atoms with Crippen molar-refractivity contribution in [1.29, 1.82) is 0 Å². The third-order valence-electron chi connectivity index (χ3n) is 7.11. The molecular weight excluding hydrogens is 930 g/mol. The largest absolute Gasteiger partial charge is 0.507 e. The number of halogens is 2. The van der Waals surface area contributed by atoms with Gasteiger partial charge in [0.1, 0.15) is 31.8 Å². The van der Waals surface area contributed by atoms with Crippen LogP contribution in [0.2, 0.25) is 5.28 Å². The van der Waals surface area contributed by atoms with Crippen molar-refractivity contribution in [2.75, 3.05) is 21.7 Å². The molecule has 300 valence electrons. The summed E-state index contributed by atoms with van der Waals surface area (Å²) in [5, 5.41) is 24.5. The highest BCUT2D eigenvalue weighted by molar-refractivity contribution is 9.12. The number of fused-ring (bicyclic) bond motifs is 1. The van der Waals surface area contributed by atoms with E-state index < -0.39 is 106 Å². The summed E-state index contributed by atoms with van der Waals surface area (Å²) < 4.78 is 136. The molecule has 1 amide bonds. The van der Waals surface area contributed by atoms with E-state index in [1.54, 1.807) is 0 Å². The number of carbonyl (C=O) groups excluding carboxylic acids is 1. The van der Waals surface area contributed by atoms with Crippen LogP contribution in [-0.2, 0) is 45.3 Å². The number of nitrogens with one attached hydrogen (secondary N) is 3. The number of hydrogen-bond donors (Lipinski definition) is 9. The lowest BCUT2D eigenvalue weighted by molar-refractivity contribution is -0.112. The summed E-state index contributed by atoms with van der Waals surface area (Å²) in [6, 6.07) is 8.34. The molecule has 0 fully saturated rings. The average Bonchev–Trinajstić information content (AvgIpc) is 3.06. The first-order valence-corrected chi connectivity index (χ1v) is 21.5. The Morgan fingerprint density at radius 1 is 0.737 bits per heavy atom. The molecule has 0 bridgehead atoms. The molecule has 4 aromatic carbocycles. The maximum atomic E-state index is 12.4. The smallest absolute Gasteiger partial charge is 0.296 e. The number of hydrogen-bond acceptors (Lipinski definition) is 18. The van der Waals surface area contributed by atoms with E-state index in [0.717, 1.165) is 24.3 Å². The van der Waals surface area contributed by atoms with Crippen LogP contribution < -0.4 is 21.7 Å². The van der Waals surface area contributed by atoms with E-state index in [1.807, 2.05) is 5.32 Å². The minimum Gasteiger partial charge on any atom is -0.507 e. The first-order valence-electron chi connectivity index (χ1n) is 14.5. The summed E-state index contributed by atoms with van der Waals surface area (Å²) in [5.74, 6) is -2.85. The number of phenols is 1. The predicted molar refractivity (Wildman–Crippen MR) is 204 cm³/mol. The molecule has 1 heterocycles. The van der Waals surface area contributed by atoms with Gasteiger partial charge in [0, 0.05) is 11.8 Å². The van der Waals surface area contributed by atoms with Crippen molar-refractivity contribution in [3.8, 4) is 5.75 Å². The van der Waals surface area contributed by atoms with Gasteiger partial charge < -0.3 is 26.8 Å². The van der Waals surface area contributed by atoms with Gasteiger partial charge in [0.2, 0.25) is 17.2 Å². The zero-order valence-corrected chi connectivity index (χ0v) is 33.1. The second-order valence-corrected chi connectivity index (χ2v) is 17.9. The van der Waals surface area contributed by atoms with E-state index in [9.17, 15) is 61.8 Å². The fraction of sp³-hybridized carbons (Fsp3) is 0. The molecule has 0 aliphatic carbocycles. The average molecular weight is 951 g/mol. The molecule has 5 aromatic rings. The van der Waals surface area contributed by atoms with Gasteiger partial charge in [0.15, 0.2) is 0 Å². The monoisotopic (exact) mass is 949 g/mol. The van der Waals surface area contributed by atoms with Crippen LogP contribution in [0.5, 0.6) is 5.75 Å². The highest BCUT2D eigenvalue weighted by Crippen LogP contribution is 2.41. The van der Waals surface area contributed by atoms with E-state index in [1.165, 1.54) is 18.2 Å². The Bertz CT molecular complexity index is 3040. The first kappa shape index (κ1) is 42.7. The highest BCUT2D eigenvalue weighted by atomic mass is 79.9. The molecular formula is C28H21BrClN9O14S4. The van der Waals surface area contributed by atoms with Gasteiger partial charge in [-0.1, -0.05) is 12.6 Å². The van der Waals surface area contributed by atoms with Crippen molar-refractivity contribution < 1.29 is 61.8 Å². The number of aromatic hydroxyl groups is 1. The van der Waals surface area contributed by atoms with Gasteiger partial charge in [-0.25, -0.2) is 0 Å². The van der Waals surface area contributed by atoms with Crippen LogP contribution >= 0.6 is 27.5 Å². The molecule has 29 heteroatoms. The minimum atomic E-state index is -5.22. The maximum Gasteiger partial charge on any atom is 0.296 e. The predicted octanol–water partition coefficient (Wildman–Crippen LogP) is 4.70. The lowest BCUT2D eigenvalue weighted by atomic mass is 10.1. The van der Waals surface area contributed by atoms with Crippen LogP contribution in [0.1, 0.15) is 0 Å². The standard InChI is InChI=1S/C28H21BrClN9O14S4/c1-11(29)25(41)33-17-9-22(57(51,52)53)18(10-21(17)56(48,49)50)34-28-36-26(30)35-27(37-28)32-13-3-5-16(20(7-13)55(45,46)47)38-39-24-15(31)4-2-12-6-14(54(42,43)44)8-19(40)23(12)24/h2-10,40H,1,31H2,(H,33,41)(H,42,43,44)(H,45,46,47)(H,48,49,50)(H,51,52,53)(H2,32,34,35,36,37). The number of rotatable bonds is 12. The summed E-state index contributed by atoms with van der Waals surface area (Å²) in [6.45, 7) is 3.29. The number of nitrogens with zero attached hydrogens (tertiary/aromatic N) is 5. The number of phenolic OH excluding ortho intramolecular Hbond substituents is 1. The molecule has 0 aliphatic rings. The fourth-order valence-electron chi connectivity index (χ4n) is 4.74. The minimum absolute atomic E-state index is 0.0423. The van der Waals surface area contributed by atoms with Gasteiger partial charge in [-0.15, -0.1) is 10.2 Å². The van der Waals surface area contributed by atoms with Gasteiger partial charge in [-0.3, -0.25) is 23.0 Å². The Kier molecular flexibility index (Phi) is 11.6. The normalized spacial score (nSPS) is 12.5. The second kappa shape index (κ2) is 15.5. The summed E-state index contributed by atoms with van der Waals surface area (Å²) in [6.07, 6.45) is 0. The van der Waals surface area contributed by atoms with Crippen molar-refractivity contribution >= 4 is 131 Å². The number of aromatic nitrogens is 3. The van der Waals surface area contributed by atoms with E-state index in [-0.39, 0.29) is 32.3 Å².